The van der Waals surface area contributed by atoms with Crippen LogP contribution in [-0.4, -0.2) is 43.4 Å². The largest absolute Gasteiger partial charge is 0.458 e. The van der Waals surface area contributed by atoms with Crippen molar-refractivity contribution in [3.63, 3.8) is 0 Å². The molecule has 0 saturated carbocycles. The van der Waals surface area contributed by atoms with Gasteiger partial charge in [-0.3, -0.25) is 4.79 Å². The Bertz CT molecular complexity index is 801. The maximum absolute atomic E-state index is 12.0. The zero-order valence-corrected chi connectivity index (χ0v) is 21.6. The molecule has 0 aromatic heterocycles. The maximum Gasteiger partial charge on any atom is 0.386 e. The zero-order chi connectivity index (χ0) is 22.4. The van der Waals surface area contributed by atoms with Crippen LogP contribution in [-0.2, 0) is 22.6 Å². The molecule has 0 N–H and O–H groups in total. The Morgan fingerprint density at radius 3 is 1.77 bits per heavy atom. The second kappa shape index (κ2) is 10.5. The van der Waals surface area contributed by atoms with Gasteiger partial charge in [-0.1, -0.05) is 67.6 Å². The fourth-order valence-corrected chi connectivity index (χ4v) is 14.6. The molecule has 2 aromatic rings. The third-order valence-corrected chi connectivity index (χ3v) is 15.0. The van der Waals surface area contributed by atoms with E-state index in [0.29, 0.717) is 6.42 Å². The molecule has 0 heterocycles. The number of benzene rings is 2. The summed E-state index contributed by atoms with van der Waals surface area (Å²) in [5.41, 5.74) is -0.457. The lowest BCUT2D eigenvalue weighted by molar-refractivity contribution is -0.155. The summed E-state index contributed by atoms with van der Waals surface area (Å²) >= 11 is 0. The molecule has 0 bridgehead atoms. The lowest BCUT2D eigenvalue weighted by Gasteiger charge is -2.42. The van der Waals surface area contributed by atoms with Gasteiger partial charge >= 0.3 is 14.5 Å². The highest BCUT2D eigenvalue weighted by molar-refractivity contribution is 7.00. The normalized spacial score (nSPS) is 13.2. The molecular weight excluding hydrogens is 428 g/mol. The summed E-state index contributed by atoms with van der Waals surface area (Å²) in [6.45, 7) is 11.4. The first kappa shape index (κ1) is 24.4. The highest BCUT2D eigenvalue weighted by atomic mass is 28.5. The van der Waals surface area contributed by atoms with E-state index >= 15 is 0 Å². The van der Waals surface area contributed by atoms with Gasteiger partial charge in [-0.15, -0.1) is 0 Å². The standard InChI is InChI=1S/C22H31O5Si3/c1-7-21(25-22(24)18(2)23)29(5,6)27-30(26-28(3)4,19-14-10-8-11-15-19)20-16-12-9-13-17-20/h8-17,21H,7H2,1-6H3. The van der Waals surface area contributed by atoms with Crippen molar-refractivity contribution >= 4 is 48.0 Å². The molecule has 8 heteroatoms. The summed E-state index contributed by atoms with van der Waals surface area (Å²) < 4.78 is 19.3. The minimum absolute atomic E-state index is 0.457. The monoisotopic (exact) mass is 459 g/mol. The Morgan fingerprint density at radius 1 is 0.933 bits per heavy atom. The Hall–Kier alpha value is -1.85. The predicted octanol–water partition coefficient (Wildman–Crippen LogP) is 3.18. The molecule has 2 aromatic carbocycles. The van der Waals surface area contributed by atoms with Crippen molar-refractivity contribution in [2.24, 2.45) is 0 Å². The van der Waals surface area contributed by atoms with Crippen LogP contribution in [0.4, 0.5) is 0 Å². The first-order valence-electron chi connectivity index (χ1n) is 10.1. The van der Waals surface area contributed by atoms with Gasteiger partial charge in [0.25, 0.3) is 0 Å². The quantitative estimate of drug-likeness (QED) is 0.310. The summed E-state index contributed by atoms with van der Waals surface area (Å²) in [5.74, 6) is -1.41. The third-order valence-electron chi connectivity index (χ3n) is 4.75. The van der Waals surface area contributed by atoms with Crippen molar-refractivity contribution in [3.8, 4) is 0 Å². The van der Waals surface area contributed by atoms with Gasteiger partial charge in [-0.05, 0) is 43.0 Å². The molecule has 1 unspecified atom stereocenters. The van der Waals surface area contributed by atoms with E-state index in [1.807, 2.05) is 56.4 Å². The van der Waals surface area contributed by atoms with E-state index in [-0.39, 0.29) is 0 Å². The van der Waals surface area contributed by atoms with Gasteiger partial charge in [-0.25, -0.2) is 4.79 Å². The highest BCUT2D eigenvalue weighted by Crippen LogP contribution is 2.24. The molecule has 1 atom stereocenters. The van der Waals surface area contributed by atoms with E-state index < -0.39 is 43.4 Å². The van der Waals surface area contributed by atoms with Gasteiger partial charge in [0.1, 0.15) is 5.73 Å². The molecule has 0 fully saturated rings. The Morgan fingerprint density at radius 2 is 1.40 bits per heavy atom. The minimum atomic E-state index is -3.07. The van der Waals surface area contributed by atoms with Crippen LogP contribution in [0.15, 0.2) is 60.7 Å². The SMILES string of the molecule is CCC(OC(=O)C(C)=O)[Si](C)(C)O[Si](O[Si](C)C)(c1ccccc1)c1ccccc1. The van der Waals surface area contributed by atoms with E-state index in [1.165, 1.54) is 6.92 Å². The van der Waals surface area contributed by atoms with Crippen LogP contribution >= 0.6 is 0 Å². The maximum atomic E-state index is 12.0. The van der Waals surface area contributed by atoms with E-state index in [2.05, 4.69) is 37.4 Å². The highest BCUT2D eigenvalue weighted by Gasteiger charge is 2.50. The molecule has 0 aliphatic rings. The molecule has 0 aliphatic carbocycles. The topological polar surface area (TPSA) is 61.8 Å². The first-order valence-corrected chi connectivity index (χ1v) is 17.4. The van der Waals surface area contributed by atoms with Crippen molar-refractivity contribution < 1.29 is 22.6 Å². The Balaban J connectivity index is 2.58. The van der Waals surface area contributed by atoms with E-state index in [0.717, 1.165) is 10.4 Å². The van der Waals surface area contributed by atoms with Crippen LogP contribution in [0.25, 0.3) is 0 Å². The number of hydrogen-bond acceptors (Lipinski definition) is 5. The van der Waals surface area contributed by atoms with Gasteiger partial charge in [-0.2, -0.15) is 0 Å². The summed E-state index contributed by atoms with van der Waals surface area (Å²) in [7, 11) is -6.85. The smallest absolute Gasteiger partial charge is 0.386 e. The van der Waals surface area contributed by atoms with Crippen LogP contribution in [0.2, 0.25) is 26.2 Å². The van der Waals surface area contributed by atoms with Gasteiger partial charge in [0.15, 0.2) is 9.04 Å². The first-order chi connectivity index (χ1) is 14.1. The fraction of sp³-hybridized carbons (Fsp3) is 0.364. The summed E-state index contributed by atoms with van der Waals surface area (Å²) in [6, 6.07) is 20.1. The van der Waals surface area contributed by atoms with Crippen molar-refractivity contribution in [1.82, 2.24) is 0 Å². The van der Waals surface area contributed by atoms with Gasteiger partial charge in [0.2, 0.25) is 14.1 Å². The van der Waals surface area contributed by atoms with E-state index in [1.54, 1.807) is 0 Å². The van der Waals surface area contributed by atoms with Crippen LogP contribution in [0.1, 0.15) is 20.3 Å². The fourth-order valence-electron chi connectivity index (χ4n) is 3.39. The molecule has 0 spiro atoms. The van der Waals surface area contributed by atoms with Crippen molar-refractivity contribution in [3.05, 3.63) is 60.7 Å². The third kappa shape index (κ3) is 5.86. The van der Waals surface area contributed by atoms with Gasteiger partial charge < -0.3 is 13.0 Å². The van der Waals surface area contributed by atoms with Crippen molar-refractivity contribution in [2.45, 2.75) is 52.2 Å². The molecule has 0 saturated heterocycles. The van der Waals surface area contributed by atoms with Crippen molar-refractivity contribution in [2.75, 3.05) is 0 Å². The Kier molecular flexibility index (Phi) is 8.51. The molecule has 161 valence electrons. The second-order valence-electron chi connectivity index (χ2n) is 7.92. The van der Waals surface area contributed by atoms with Crippen LogP contribution in [0.3, 0.4) is 0 Å². The number of rotatable bonds is 10. The number of carbonyl (C=O) groups excluding carboxylic acids is 2. The van der Waals surface area contributed by atoms with Crippen LogP contribution < -0.4 is 10.4 Å². The lowest BCUT2D eigenvalue weighted by Crippen LogP contribution is -2.70. The summed E-state index contributed by atoms with van der Waals surface area (Å²) in [4.78, 5) is 23.5. The van der Waals surface area contributed by atoms with Crippen LogP contribution in [0.5, 0.6) is 0 Å². The molecular formula is C22H31O5Si3. The molecule has 5 nitrogen and oxygen atoms in total. The predicted molar refractivity (Wildman–Crippen MR) is 126 cm³/mol. The average Bonchev–Trinajstić information content (AvgIpc) is 2.71. The number of ketones is 1. The van der Waals surface area contributed by atoms with Gasteiger partial charge in [0.05, 0.1) is 0 Å². The zero-order valence-electron chi connectivity index (χ0n) is 18.6. The molecule has 0 amide bonds. The summed E-state index contributed by atoms with van der Waals surface area (Å²) in [5, 5.41) is 2.05. The van der Waals surface area contributed by atoms with E-state index in [4.69, 9.17) is 13.0 Å². The second-order valence-corrected chi connectivity index (χ2v) is 17.6. The number of hydrogen-bond donors (Lipinski definition) is 0. The number of carbonyl (C=O) groups is 2. The number of Topliss-reactive ketones (excluding diaryl/α,β-unsaturated/α-hetero) is 1. The molecule has 1 radical (unpaired) electrons. The molecule has 2 rings (SSSR count). The van der Waals surface area contributed by atoms with Gasteiger partial charge in [0, 0.05) is 6.92 Å². The number of esters is 1. The van der Waals surface area contributed by atoms with Crippen LogP contribution in [0, 0.1) is 0 Å². The van der Waals surface area contributed by atoms with E-state index in [9.17, 15) is 9.59 Å². The Labute approximate surface area is 183 Å². The molecule has 30 heavy (non-hydrogen) atoms. The van der Waals surface area contributed by atoms with Crippen molar-refractivity contribution in [1.29, 1.82) is 0 Å². The number of ether oxygens (including phenoxy) is 1. The lowest BCUT2D eigenvalue weighted by atomic mass is 10.4. The minimum Gasteiger partial charge on any atom is -0.458 e. The molecule has 0 aliphatic heterocycles. The summed E-state index contributed by atoms with van der Waals surface area (Å²) in [6.07, 6.45) is 0.572. The average molecular weight is 460 g/mol.